The lowest BCUT2D eigenvalue weighted by molar-refractivity contribution is 0.407. The van der Waals surface area contributed by atoms with E-state index in [2.05, 4.69) is 42.7 Å². The molecule has 0 amide bonds. The standard InChI is InChI=1S/C14H22N2O/c1-10(2)13-8-11(4-5-14(13)17-3)16-12-6-7-15-9-12/h4-5,8,10,12,15-16H,6-7,9H2,1-3H3. The lowest BCUT2D eigenvalue weighted by Crippen LogP contribution is -2.22. The van der Waals surface area contributed by atoms with Gasteiger partial charge in [0.25, 0.3) is 0 Å². The summed E-state index contributed by atoms with van der Waals surface area (Å²) in [5.74, 6) is 1.46. The number of hydrogen-bond donors (Lipinski definition) is 2. The second-order valence-corrected chi connectivity index (χ2v) is 4.95. The Balaban J connectivity index is 2.14. The van der Waals surface area contributed by atoms with Gasteiger partial charge in [0.05, 0.1) is 7.11 Å². The third-order valence-corrected chi connectivity index (χ3v) is 3.28. The molecule has 0 aromatic heterocycles. The molecule has 0 spiro atoms. The lowest BCUT2D eigenvalue weighted by Gasteiger charge is -2.17. The van der Waals surface area contributed by atoms with Gasteiger partial charge >= 0.3 is 0 Å². The van der Waals surface area contributed by atoms with E-state index in [9.17, 15) is 0 Å². The van der Waals surface area contributed by atoms with Gasteiger partial charge in [-0.25, -0.2) is 0 Å². The zero-order chi connectivity index (χ0) is 12.3. The average Bonchev–Trinajstić information content (AvgIpc) is 2.81. The quantitative estimate of drug-likeness (QED) is 0.840. The SMILES string of the molecule is COc1ccc(NC2CCNC2)cc1C(C)C. The highest BCUT2D eigenvalue weighted by Gasteiger charge is 2.15. The summed E-state index contributed by atoms with van der Waals surface area (Å²) in [7, 11) is 1.73. The molecule has 17 heavy (non-hydrogen) atoms. The van der Waals surface area contributed by atoms with Crippen molar-refractivity contribution < 1.29 is 4.74 Å². The molecule has 1 heterocycles. The summed E-state index contributed by atoms with van der Waals surface area (Å²) in [6.45, 7) is 6.56. The van der Waals surface area contributed by atoms with Gasteiger partial charge in [0.2, 0.25) is 0 Å². The van der Waals surface area contributed by atoms with Crippen molar-refractivity contribution in [1.29, 1.82) is 0 Å². The summed E-state index contributed by atoms with van der Waals surface area (Å²) in [4.78, 5) is 0. The first-order chi connectivity index (χ1) is 8.20. The van der Waals surface area contributed by atoms with Gasteiger partial charge in [-0.3, -0.25) is 0 Å². The first-order valence-electron chi connectivity index (χ1n) is 6.36. The molecule has 1 aromatic rings. The summed E-state index contributed by atoms with van der Waals surface area (Å²) < 4.78 is 5.39. The molecule has 2 N–H and O–H groups in total. The van der Waals surface area contributed by atoms with Gasteiger partial charge in [0.15, 0.2) is 0 Å². The van der Waals surface area contributed by atoms with Gasteiger partial charge in [0, 0.05) is 18.3 Å². The largest absolute Gasteiger partial charge is 0.496 e. The molecule has 1 unspecified atom stereocenters. The van der Waals surface area contributed by atoms with E-state index < -0.39 is 0 Å². The number of benzene rings is 1. The molecule has 2 rings (SSSR count). The second-order valence-electron chi connectivity index (χ2n) is 4.95. The molecule has 1 saturated heterocycles. The van der Waals surface area contributed by atoms with Crippen molar-refractivity contribution in [1.82, 2.24) is 5.32 Å². The van der Waals surface area contributed by atoms with Crippen LogP contribution in [0.1, 0.15) is 31.7 Å². The van der Waals surface area contributed by atoms with Crippen LogP contribution in [0.4, 0.5) is 5.69 Å². The molecule has 1 atom stereocenters. The first-order valence-corrected chi connectivity index (χ1v) is 6.36. The minimum Gasteiger partial charge on any atom is -0.496 e. The van der Waals surface area contributed by atoms with E-state index in [0.29, 0.717) is 12.0 Å². The molecule has 1 aliphatic heterocycles. The van der Waals surface area contributed by atoms with Crippen molar-refractivity contribution in [2.75, 3.05) is 25.5 Å². The minimum atomic E-state index is 0.480. The van der Waals surface area contributed by atoms with Crippen LogP contribution in [0.25, 0.3) is 0 Å². The van der Waals surface area contributed by atoms with Crippen molar-refractivity contribution in [3.63, 3.8) is 0 Å². The fourth-order valence-corrected chi connectivity index (χ4v) is 2.29. The van der Waals surface area contributed by atoms with Crippen molar-refractivity contribution in [2.24, 2.45) is 0 Å². The molecule has 0 aliphatic carbocycles. The molecule has 0 bridgehead atoms. The van der Waals surface area contributed by atoms with E-state index in [4.69, 9.17) is 4.74 Å². The third-order valence-electron chi connectivity index (χ3n) is 3.28. The predicted molar refractivity (Wildman–Crippen MR) is 72.0 cm³/mol. The van der Waals surface area contributed by atoms with Crippen LogP contribution in [0.15, 0.2) is 18.2 Å². The molecule has 1 aliphatic rings. The molecular formula is C14H22N2O. The Labute approximate surface area is 104 Å². The smallest absolute Gasteiger partial charge is 0.122 e. The Bertz CT molecular complexity index is 370. The van der Waals surface area contributed by atoms with E-state index >= 15 is 0 Å². The summed E-state index contributed by atoms with van der Waals surface area (Å²) in [5.41, 5.74) is 2.46. The van der Waals surface area contributed by atoms with Crippen LogP contribution in [0.5, 0.6) is 5.75 Å². The topological polar surface area (TPSA) is 33.3 Å². The van der Waals surface area contributed by atoms with Crippen molar-refractivity contribution >= 4 is 5.69 Å². The fraction of sp³-hybridized carbons (Fsp3) is 0.571. The van der Waals surface area contributed by atoms with Crippen LogP contribution in [-0.4, -0.2) is 26.2 Å². The second kappa shape index (κ2) is 5.41. The third kappa shape index (κ3) is 2.91. The maximum atomic E-state index is 5.39. The van der Waals surface area contributed by atoms with E-state index in [1.54, 1.807) is 7.11 Å². The van der Waals surface area contributed by atoms with E-state index in [-0.39, 0.29) is 0 Å². The Hall–Kier alpha value is -1.22. The monoisotopic (exact) mass is 234 g/mol. The molecule has 3 nitrogen and oxygen atoms in total. The number of ether oxygens (including phenoxy) is 1. The molecule has 94 valence electrons. The van der Waals surface area contributed by atoms with Crippen LogP contribution in [0, 0.1) is 0 Å². The predicted octanol–water partition coefficient (Wildman–Crippen LogP) is 2.59. The first kappa shape index (κ1) is 12.2. The van der Waals surface area contributed by atoms with Crippen LogP contribution in [0.2, 0.25) is 0 Å². The maximum absolute atomic E-state index is 5.39. The Morgan fingerprint density at radius 2 is 2.24 bits per heavy atom. The number of methoxy groups -OCH3 is 1. The number of anilines is 1. The van der Waals surface area contributed by atoms with Gasteiger partial charge in [-0.05, 0) is 42.6 Å². The van der Waals surface area contributed by atoms with Crippen LogP contribution < -0.4 is 15.4 Å². The fourth-order valence-electron chi connectivity index (χ4n) is 2.29. The average molecular weight is 234 g/mol. The van der Waals surface area contributed by atoms with Gasteiger partial charge in [-0.15, -0.1) is 0 Å². The molecule has 1 aromatic carbocycles. The molecule has 0 saturated carbocycles. The van der Waals surface area contributed by atoms with Crippen LogP contribution in [-0.2, 0) is 0 Å². The zero-order valence-electron chi connectivity index (χ0n) is 10.9. The number of hydrogen-bond acceptors (Lipinski definition) is 3. The molecular weight excluding hydrogens is 212 g/mol. The molecule has 1 fully saturated rings. The van der Waals surface area contributed by atoms with Gasteiger partial charge in [0.1, 0.15) is 5.75 Å². The number of rotatable bonds is 4. The summed E-state index contributed by atoms with van der Waals surface area (Å²) in [6, 6.07) is 6.92. The van der Waals surface area contributed by atoms with Gasteiger partial charge in [-0.2, -0.15) is 0 Å². The Morgan fingerprint density at radius 1 is 1.41 bits per heavy atom. The lowest BCUT2D eigenvalue weighted by atomic mass is 10.0. The highest BCUT2D eigenvalue weighted by Crippen LogP contribution is 2.29. The summed E-state index contributed by atoms with van der Waals surface area (Å²) in [5, 5.41) is 6.93. The highest BCUT2D eigenvalue weighted by atomic mass is 16.5. The normalized spacial score (nSPS) is 19.6. The Kier molecular flexibility index (Phi) is 3.89. The minimum absolute atomic E-state index is 0.480. The summed E-state index contributed by atoms with van der Waals surface area (Å²) in [6.07, 6.45) is 1.20. The highest BCUT2D eigenvalue weighted by molar-refractivity contribution is 5.52. The van der Waals surface area contributed by atoms with Gasteiger partial charge in [-0.1, -0.05) is 13.8 Å². The van der Waals surface area contributed by atoms with Crippen molar-refractivity contribution in [2.45, 2.75) is 32.2 Å². The number of nitrogens with one attached hydrogen (secondary N) is 2. The van der Waals surface area contributed by atoms with E-state index in [0.717, 1.165) is 18.8 Å². The maximum Gasteiger partial charge on any atom is 0.122 e. The van der Waals surface area contributed by atoms with Gasteiger partial charge < -0.3 is 15.4 Å². The van der Waals surface area contributed by atoms with E-state index in [1.165, 1.54) is 17.7 Å². The zero-order valence-corrected chi connectivity index (χ0v) is 10.9. The van der Waals surface area contributed by atoms with E-state index in [1.807, 2.05) is 0 Å². The molecule has 0 radical (unpaired) electrons. The Morgan fingerprint density at radius 3 is 2.82 bits per heavy atom. The summed E-state index contributed by atoms with van der Waals surface area (Å²) >= 11 is 0. The van der Waals surface area contributed by atoms with Crippen molar-refractivity contribution in [3.05, 3.63) is 23.8 Å². The van der Waals surface area contributed by atoms with Crippen molar-refractivity contribution in [3.8, 4) is 5.75 Å². The van der Waals surface area contributed by atoms with Crippen LogP contribution in [0.3, 0.4) is 0 Å². The van der Waals surface area contributed by atoms with Crippen LogP contribution >= 0.6 is 0 Å². The molecule has 3 heteroatoms.